The van der Waals surface area contributed by atoms with E-state index in [9.17, 15) is 4.79 Å². The van der Waals surface area contributed by atoms with Gasteiger partial charge in [0.15, 0.2) is 0 Å². The number of ether oxygens (including phenoxy) is 1. The molecule has 0 aliphatic heterocycles. The second kappa shape index (κ2) is 7.36. The average molecular weight is 324 g/mol. The lowest BCUT2D eigenvalue weighted by atomic mass is 10.2. The molecule has 24 heavy (non-hydrogen) atoms. The largest absolute Gasteiger partial charge is 0.496 e. The van der Waals surface area contributed by atoms with Gasteiger partial charge in [0.1, 0.15) is 17.9 Å². The van der Waals surface area contributed by atoms with Crippen molar-refractivity contribution < 1.29 is 13.9 Å². The molecule has 3 rings (SSSR count). The van der Waals surface area contributed by atoms with Gasteiger partial charge in [-0.25, -0.2) is 0 Å². The first kappa shape index (κ1) is 15.7. The SMILES string of the molecule is COc1ccccc1CNC(=O)Cc1nnc(-c2ccccn2)o1. The van der Waals surface area contributed by atoms with Crippen molar-refractivity contribution in [3.8, 4) is 17.3 Å². The van der Waals surface area contributed by atoms with Gasteiger partial charge in [-0.05, 0) is 18.2 Å². The third kappa shape index (κ3) is 3.75. The number of hydrogen-bond donors (Lipinski definition) is 1. The zero-order chi connectivity index (χ0) is 16.8. The van der Waals surface area contributed by atoms with Crippen LogP contribution in [0.3, 0.4) is 0 Å². The predicted octanol–water partition coefficient (Wildman–Crippen LogP) is 2.00. The van der Waals surface area contributed by atoms with E-state index in [2.05, 4.69) is 20.5 Å². The van der Waals surface area contributed by atoms with Crippen molar-refractivity contribution in [2.45, 2.75) is 13.0 Å². The summed E-state index contributed by atoms with van der Waals surface area (Å²) in [5.41, 5.74) is 1.47. The van der Waals surface area contributed by atoms with E-state index in [4.69, 9.17) is 9.15 Å². The Kier molecular flexibility index (Phi) is 4.81. The van der Waals surface area contributed by atoms with Crippen LogP contribution >= 0.6 is 0 Å². The highest BCUT2D eigenvalue weighted by molar-refractivity contribution is 5.77. The number of rotatable bonds is 6. The minimum absolute atomic E-state index is 0.00891. The lowest BCUT2D eigenvalue weighted by molar-refractivity contribution is -0.120. The zero-order valence-electron chi connectivity index (χ0n) is 13.1. The van der Waals surface area contributed by atoms with Crippen molar-refractivity contribution in [2.24, 2.45) is 0 Å². The number of carbonyl (C=O) groups is 1. The summed E-state index contributed by atoms with van der Waals surface area (Å²) >= 11 is 0. The molecule has 1 amide bonds. The van der Waals surface area contributed by atoms with Gasteiger partial charge >= 0.3 is 0 Å². The molecule has 0 unspecified atom stereocenters. The number of benzene rings is 1. The Morgan fingerprint density at radius 2 is 2.00 bits per heavy atom. The Labute approximate surface area is 138 Å². The second-order valence-corrected chi connectivity index (χ2v) is 4.98. The summed E-state index contributed by atoms with van der Waals surface area (Å²) < 4.78 is 10.7. The van der Waals surface area contributed by atoms with Crippen LogP contribution in [-0.4, -0.2) is 28.2 Å². The molecule has 0 aliphatic rings. The zero-order valence-corrected chi connectivity index (χ0v) is 13.1. The highest BCUT2D eigenvalue weighted by Crippen LogP contribution is 2.17. The van der Waals surface area contributed by atoms with Gasteiger partial charge in [0.2, 0.25) is 11.8 Å². The third-order valence-corrected chi connectivity index (χ3v) is 3.33. The van der Waals surface area contributed by atoms with E-state index in [0.29, 0.717) is 18.1 Å². The normalized spacial score (nSPS) is 10.4. The summed E-state index contributed by atoms with van der Waals surface area (Å²) in [5, 5.41) is 10.6. The van der Waals surface area contributed by atoms with E-state index in [0.717, 1.165) is 11.3 Å². The van der Waals surface area contributed by atoms with E-state index in [-0.39, 0.29) is 18.2 Å². The first-order chi connectivity index (χ1) is 11.8. The fourth-order valence-corrected chi connectivity index (χ4v) is 2.16. The van der Waals surface area contributed by atoms with Crippen molar-refractivity contribution in [3.63, 3.8) is 0 Å². The molecule has 0 fully saturated rings. The van der Waals surface area contributed by atoms with Crippen molar-refractivity contribution >= 4 is 5.91 Å². The summed E-state index contributed by atoms with van der Waals surface area (Å²) in [7, 11) is 1.60. The molecule has 0 aliphatic carbocycles. The average Bonchev–Trinajstić information content (AvgIpc) is 3.09. The molecule has 0 atom stereocenters. The molecular weight excluding hydrogens is 308 g/mol. The van der Waals surface area contributed by atoms with Crippen LogP contribution in [0.2, 0.25) is 0 Å². The molecule has 2 heterocycles. The Bertz CT molecular complexity index is 817. The van der Waals surface area contributed by atoms with Gasteiger partial charge in [0.05, 0.1) is 7.11 Å². The summed E-state index contributed by atoms with van der Waals surface area (Å²) in [6, 6.07) is 12.9. The predicted molar refractivity (Wildman–Crippen MR) is 86.1 cm³/mol. The molecule has 1 N–H and O–H groups in total. The van der Waals surface area contributed by atoms with Gasteiger partial charge in [-0.3, -0.25) is 9.78 Å². The third-order valence-electron chi connectivity index (χ3n) is 3.33. The lowest BCUT2D eigenvalue weighted by Crippen LogP contribution is -2.24. The molecular formula is C17H16N4O3. The monoisotopic (exact) mass is 324 g/mol. The number of carbonyl (C=O) groups excluding carboxylic acids is 1. The summed E-state index contributed by atoms with van der Waals surface area (Å²) in [6.07, 6.45) is 1.65. The molecule has 0 bridgehead atoms. The van der Waals surface area contributed by atoms with Crippen LogP contribution in [0.5, 0.6) is 5.75 Å². The van der Waals surface area contributed by atoms with E-state index in [1.807, 2.05) is 30.3 Å². The maximum atomic E-state index is 12.0. The summed E-state index contributed by atoms with van der Waals surface area (Å²) in [5.74, 6) is 1.06. The van der Waals surface area contributed by atoms with Crippen LogP contribution in [0.25, 0.3) is 11.6 Å². The van der Waals surface area contributed by atoms with Crippen molar-refractivity contribution in [3.05, 3.63) is 60.1 Å². The smallest absolute Gasteiger partial charge is 0.266 e. The minimum atomic E-state index is -0.211. The van der Waals surface area contributed by atoms with Crippen molar-refractivity contribution in [2.75, 3.05) is 7.11 Å². The molecule has 2 aromatic heterocycles. The number of hydrogen-bond acceptors (Lipinski definition) is 6. The van der Waals surface area contributed by atoms with Crippen LogP contribution in [0.4, 0.5) is 0 Å². The number of nitrogens with zero attached hydrogens (tertiary/aromatic N) is 3. The number of para-hydroxylation sites is 1. The first-order valence-electron chi connectivity index (χ1n) is 7.38. The summed E-state index contributed by atoms with van der Waals surface area (Å²) in [6.45, 7) is 0.365. The molecule has 0 saturated carbocycles. The Morgan fingerprint density at radius 1 is 1.17 bits per heavy atom. The number of pyridine rings is 1. The molecule has 3 aromatic rings. The Morgan fingerprint density at radius 3 is 2.79 bits per heavy atom. The number of methoxy groups -OCH3 is 1. The molecule has 7 heteroatoms. The fourth-order valence-electron chi connectivity index (χ4n) is 2.16. The molecule has 0 saturated heterocycles. The van der Waals surface area contributed by atoms with Crippen LogP contribution in [-0.2, 0) is 17.8 Å². The molecule has 0 spiro atoms. The van der Waals surface area contributed by atoms with Crippen molar-refractivity contribution in [1.29, 1.82) is 0 Å². The van der Waals surface area contributed by atoms with Gasteiger partial charge < -0.3 is 14.5 Å². The Hall–Kier alpha value is -3.22. The molecule has 7 nitrogen and oxygen atoms in total. The van der Waals surface area contributed by atoms with Crippen LogP contribution in [0.15, 0.2) is 53.1 Å². The van der Waals surface area contributed by atoms with Gasteiger partial charge in [-0.15, -0.1) is 10.2 Å². The Balaban J connectivity index is 1.58. The first-order valence-corrected chi connectivity index (χ1v) is 7.38. The number of nitrogens with one attached hydrogen (secondary N) is 1. The molecule has 0 radical (unpaired) electrons. The van der Waals surface area contributed by atoms with Gasteiger partial charge in [0, 0.05) is 18.3 Å². The molecule has 122 valence electrons. The lowest BCUT2D eigenvalue weighted by Gasteiger charge is -2.08. The van der Waals surface area contributed by atoms with E-state index in [1.54, 1.807) is 25.4 Å². The van der Waals surface area contributed by atoms with E-state index in [1.165, 1.54) is 0 Å². The van der Waals surface area contributed by atoms with Crippen LogP contribution in [0.1, 0.15) is 11.5 Å². The van der Waals surface area contributed by atoms with Gasteiger partial charge in [0.25, 0.3) is 5.89 Å². The standard InChI is InChI=1S/C17H16N4O3/c1-23-14-8-3-2-6-12(14)11-19-15(22)10-16-20-21-17(24-16)13-7-4-5-9-18-13/h2-9H,10-11H2,1H3,(H,19,22). The van der Waals surface area contributed by atoms with Crippen LogP contribution < -0.4 is 10.1 Å². The van der Waals surface area contributed by atoms with Gasteiger partial charge in [-0.2, -0.15) is 0 Å². The minimum Gasteiger partial charge on any atom is -0.496 e. The summed E-state index contributed by atoms with van der Waals surface area (Å²) in [4.78, 5) is 16.2. The highest BCUT2D eigenvalue weighted by atomic mass is 16.5. The number of amides is 1. The molecule has 1 aromatic carbocycles. The van der Waals surface area contributed by atoms with Crippen LogP contribution in [0, 0.1) is 0 Å². The van der Waals surface area contributed by atoms with E-state index < -0.39 is 0 Å². The van der Waals surface area contributed by atoms with Crippen molar-refractivity contribution in [1.82, 2.24) is 20.5 Å². The quantitative estimate of drug-likeness (QED) is 0.746. The van der Waals surface area contributed by atoms with E-state index >= 15 is 0 Å². The number of aromatic nitrogens is 3. The van der Waals surface area contributed by atoms with Gasteiger partial charge in [-0.1, -0.05) is 24.3 Å². The second-order valence-electron chi connectivity index (χ2n) is 4.98. The maximum absolute atomic E-state index is 12.0. The maximum Gasteiger partial charge on any atom is 0.266 e. The topological polar surface area (TPSA) is 90.1 Å². The fraction of sp³-hybridized carbons (Fsp3) is 0.176. The highest BCUT2D eigenvalue weighted by Gasteiger charge is 2.13.